The van der Waals surface area contributed by atoms with Crippen LogP contribution >= 0.6 is 12.4 Å². The van der Waals surface area contributed by atoms with E-state index < -0.39 is 0 Å². The predicted molar refractivity (Wildman–Crippen MR) is 85.6 cm³/mol. The molecule has 0 spiro atoms. The van der Waals surface area contributed by atoms with E-state index in [-0.39, 0.29) is 18.3 Å². The Bertz CT molecular complexity index is 439. The van der Waals surface area contributed by atoms with Crippen LogP contribution in [0, 0.1) is 0 Å². The van der Waals surface area contributed by atoms with Crippen molar-refractivity contribution < 1.29 is 4.79 Å². The lowest BCUT2D eigenvalue weighted by atomic mass is 10.1. The van der Waals surface area contributed by atoms with E-state index >= 15 is 0 Å². The van der Waals surface area contributed by atoms with Gasteiger partial charge in [0.05, 0.1) is 6.54 Å². The van der Waals surface area contributed by atoms with E-state index in [9.17, 15) is 4.79 Å². The molecule has 1 fully saturated rings. The van der Waals surface area contributed by atoms with Crippen molar-refractivity contribution in [3.63, 3.8) is 0 Å². The van der Waals surface area contributed by atoms with Gasteiger partial charge in [-0.3, -0.25) is 9.69 Å². The Morgan fingerprint density at radius 3 is 2.90 bits per heavy atom. The average Bonchev–Trinajstić information content (AvgIpc) is 2.42. The van der Waals surface area contributed by atoms with Crippen molar-refractivity contribution in [2.75, 3.05) is 31.5 Å². The molecule has 112 valence electrons. The summed E-state index contributed by atoms with van der Waals surface area (Å²) in [5.74, 6) is 0.0784. The van der Waals surface area contributed by atoms with E-state index in [1.807, 2.05) is 18.2 Å². The molecule has 0 aromatic heterocycles. The van der Waals surface area contributed by atoms with Gasteiger partial charge in [-0.25, -0.2) is 0 Å². The fourth-order valence-corrected chi connectivity index (χ4v) is 2.44. The number of nitrogens with zero attached hydrogens (tertiary/aromatic N) is 1. The minimum Gasteiger partial charge on any atom is -0.325 e. The number of hydrogen-bond acceptors (Lipinski definition) is 3. The van der Waals surface area contributed by atoms with Crippen LogP contribution in [0.1, 0.15) is 19.4 Å². The Hall–Kier alpha value is -1.10. The molecular formula is C15H24ClN3O. The van der Waals surface area contributed by atoms with Crippen molar-refractivity contribution in [3.8, 4) is 0 Å². The summed E-state index contributed by atoms with van der Waals surface area (Å²) in [5, 5.41) is 6.36. The quantitative estimate of drug-likeness (QED) is 0.892. The van der Waals surface area contributed by atoms with E-state index in [1.165, 1.54) is 5.56 Å². The summed E-state index contributed by atoms with van der Waals surface area (Å²) in [6.45, 7) is 7.58. The molecule has 1 aliphatic heterocycles. The van der Waals surface area contributed by atoms with Crippen LogP contribution in [0.4, 0.5) is 5.69 Å². The van der Waals surface area contributed by atoms with Gasteiger partial charge in [0.2, 0.25) is 5.91 Å². The first-order valence-corrected chi connectivity index (χ1v) is 7.03. The van der Waals surface area contributed by atoms with Crippen molar-refractivity contribution in [1.82, 2.24) is 10.2 Å². The molecule has 1 amide bonds. The van der Waals surface area contributed by atoms with Crippen LogP contribution in [0.2, 0.25) is 0 Å². The van der Waals surface area contributed by atoms with Gasteiger partial charge in [-0.15, -0.1) is 12.4 Å². The Kier molecular flexibility index (Phi) is 6.99. The first-order chi connectivity index (χ1) is 9.20. The second-order valence-electron chi connectivity index (χ2n) is 5.08. The van der Waals surface area contributed by atoms with Gasteiger partial charge in [0.1, 0.15) is 0 Å². The summed E-state index contributed by atoms with van der Waals surface area (Å²) < 4.78 is 0. The molecule has 0 bridgehead atoms. The molecule has 0 radical (unpaired) electrons. The number of hydrogen-bond donors (Lipinski definition) is 2. The number of halogens is 1. The van der Waals surface area contributed by atoms with Crippen molar-refractivity contribution in [2.45, 2.75) is 26.3 Å². The van der Waals surface area contributed by atoms with Crippen molar-refractivity contribution in [3.05, 3.63) is 29.8 Å². The SMILES string of the molecule is CCc1ccccc1NC(=O)CN1CCNC[C@@H]1C.Cl. The lowest BCUT2D eigenvalue weighted by Crippen LogP contribution is -2.52. The zero-order valence-corrected chi connectivity index (χ0v) is 13.0. The van der Waals surface area contributed by atoms with Crippen LogP contribution in [-0.2, 0) is 11.2 Å². The number of amides is 1. The van der Waals surface area contributed by atoms with Gasteiger partial charge in [0, 0.05) is 31.4 Å². The maximum absolute atomic E-state index is 12.1. The Morgan fingerprint density at radius 2 is 2.20 bits per heavy atom. The van der Waals surface area contributed by atoms with Crippen LogP contribution in [0.15, 0.2) is 24.3 Å². The standard InChI is InChI=1S/C15H23N3O.ClH/c1-3-13-6-4-5-7-14(13)17-15(19)11-18-9-8-16-10-12(18)2;/h4-7,12,16H,3,8-11H2,1-2H3,(H,17,19);1H/t12-;/m0./s1. The number of para-hydroxylation sites is 1. The van der Waals surface area contributed by atoms with Crippen molar-refractivity contribution >= 4 is 24.0 Å². The van der Waals surface area contributed by atoms with Gasteiger partial charge in [0.15, 0.2) is 0 Å². The van der Waals surface area contributed by atoms with Gasteiger partial charge in [0.25, 0.3) is 0 Å². The monoisotopic (exact) mass is 297 g/mol. The smallest absolute Gasteiger partial charge is 0.238 e. The van der Waals surface area contributed by atoms with Gasteiger partial charge < -0.3 is 10.6 Å². The third-order valence-electron chi connectivity index (χ3n) is 3.66. The van der Waals surface area contributed by atoms with Gasteiger partial charge in [-0.1, -0.05) is 25.1 Å². The lowest BCUT2D eigenvalue weighted by molar-refractivity contribution is -0.118. The highest BCUT2D eigenvalue weighted by Crippen LogP contribution is 2.15. The molecular weight excluding hydrogens is 274 g/mol. The molecule has 5 heteroatoms. The molecule has 1 atom stereocenters. The van der Waals surface area contributed by atoms with Crippen LogP contribution in [0.3, 0.4) is 0 Å². The van der Waals surface area contributed by atoms with Crippen molar-refractivity contribution in [2.24, 2.45) is 0 Å². The number of aryl methyl sites for hydroxylation is 1. The largest absolute Gasteiger partial charge is 0.325 e. The molecule has 1 heterocycles. The zero-order valence-electron chi connectivity index (χ0n) is 12.2. The number of piperazine rings is 1. The van der Waals surface area contributed by atoms with Crippen molar-refractivity contribution in [1.29, 1.82) is 0 Å². The molecule has 1 saturated heterocycles. The molecule has 0 saturated carbocycles. The topological polar surface area (TPSA) is 44.4 Å². The maximum Gasteiger partial charge on any atom is 0.238 e. The van der Waals surface area contributed by atoms with Gasteiger partial charge >= 0.3 is 0 Å². The predicted octanol–water partition coefficient (Wildman–Crippen LogP) is 1.90. The minimum absolute atomic E-state index is 0. The van der Waals surface area contributed by atoms with E-state index in [2.05, 4.69) is 35.4 Å². The normalized spacial score (nSPS) is 19.2. The number of carbonyl (C=O) groups excluding carboxylic acids is 1. The molecule has 20 heavy (non-hydrogen) atoms. The Labute approximate surface area is 127 Å². The van der Waals surface area contributed by atoms with Crippen LogP contribution in [-0.4, -0.2) is 43.0 Å². The number of nitrogens with one attached hydrogen (secondary N) is 2. The highest BCUT2D eigenvalue weighted by molar-refractivity contribution is 5.93. The van der Waals surface area contributed by atoms with Crippen LogP contribution in [0.5, 0.6) is 0 Å². The number of anilines is 1. The summed E-state index contributed by atoms with van der Waals surface area (Å²) in [6.07, 6.45) is 0.931. The molecule has 2 rings (SSSR count). The first kappa shape index (κ1) is 17.0. The average molecular weight is 298 g/mol. The maximum atomic E-state index is 12.1. The second kappa shape index (κ2) is 8.25. The van der Waals surface area contributed by atoms with Crippen LogP contribution in [0.25, 0.3) is 0 Å². The highest BCUT2D eigenvalue weighted by Gasteiger charge is 2.20. The molecule has 0 aliphatic carbocycles. The van der Waals surface area contributed by atoms with E-state index in [0.29, 0.717) is 12.6 Å². The summed E-state index contributed by atoms with van der Waals surface area (Å²) in [5.41, 5.74) is 2.13. The summed E-state index contributed by atoms with van der Waals surface area (Å²) >= 11 is 0. The molecule has 2 N–H and O–H groups in total. The summed E-state index contributed by atoms with van der Waals surface area (Å²) in [6, 6.07) is 8.41. The summed E-state index contributed by atoms with van der Waals surface area (Å²) in [4.78, 5) is 14.3. The fourth-order valence-electron chi connectivity index (χ4n) is 2.44. The Morgan fingerprint density at radius 1 is 1.45 bits per heavy atom. The number of carbonyl (C=O) groups is 1. The molecule has 0 unspecified atom stereocenters. The first-order valence-electron chi connectivity index (χ1n) is 7.03. The molecule has 1 aliphatic rings. The van der Waals surface area contributed by atoms with Gasteiger partial charge in [-0.2, -0.15) is 0 Å². The third-order valence-corrected chi connectivity index (χ3v) is 3.66. The molecule has 1 aromatic rings. The molecule has 4 nitrogen and oxygen atoms in total. The fraction of sp³-hybridized carbons (Fsp3) is 0.533. The lowest BCUT2D eigenvalue weighted by Gasteiger charge is -2.33. The molecule has 1 aromatic carbocycles. The highest BCUT2D eigenvalue weighted by atomic mass is 35.5. The van der Waals surface area contributed by atoms with E-state index in [0.717, 1.165) is 31.7 Å². The zero-order chi connectivity index (χ0) is 13.7. The van der Waals surface area contributed by atoms with Crippen LogP contribution < -0.4 is 10.6 Å². The summed E-state index contributed by atoms with van der Waals surface area (Å²) in [7, 11) is 0. The second-order valence-corrected chi connectivity index (χ2v) is 5.08. The number of rotatable bonds is 4. The van der Waals surface area contributed by atoms with E-state index in [4.69, 9.17) is 0 Å². The third kappa shape index (κ3) is 4.47. The Balaban J connectivity index is 0.00000200. The number of benzene rings is 1. The van der Waals surface area contributed by atoms with Gasteiger partial charge in [-0.05, 0) is 25.0 Å². The van der Waals surface area contributed by atoms with E-state index in [1.54, 1.807) is 0 Å². The minimum atomic E-state index is 0.